The van der Waals surface area contributed by atoms with Crippen molar-refractivity contribution in [1.29, 1.82) is 5.26 Å². The normalized spacial score (nSPS) is 11.5. The SMILES string of the molecule is CC(C)(C)c1ccnc(-n2c3ccc(C#N)cc3c3ccc(N(c4ccccc4)c4cccc(-c5cn(-c6c(-c7ccccc7)cccc6-c6ccccc6)cn5)c4)cc32)c1. The molecule has 0 aliphatic carbocycles. The fourth-order valence-electron chi connectivity index (χ4n) is 8.42. The number of nitrogens with zero attached hydrogens (tertiary/aromatic N) is 6. The minimum Gasteiger partial charge on any atom is -0.310 e. The quantitative estimate of drug-likeness (QED) is 0.154. The summed E-state index contributed by atoms with van der Waals surface area (Å²) in [5.74, 6) is 0.836. The molecule has 6 nitrogen and oxygen atoms in total. The van der Waals surface area contributed by atoms with Crippen molar-refractivity contribution in [2.75, 3.05) is 4.90 Å². The predicted octanol–water partition coefficient (Wildman–Crippen LogP) is 14.0. The van der Waals surface area contributed by atoms with Crippen LogP contribution in [0, 0.1) is 11.3 Å². The van der Waals surface area contributed by atoms with Crippen molar-refractivity contribution in [3.8, 4) is 51.1 Å². The molecule has 0 radical (unpaired) electrons. The smallest absolute Gasteiger partial charge is 0.137 e. The van der Waals surface area contributed by atoms with Crippen LogP contribution in [-0.4, -0.2) is 19.1 Å². The van der Waals surface area contributed by atoms with Gasteiger partial charge in [0.25, 0.3) is 0 Å². The maximum atomic E-state index is 9.89. The number of rotatable bonds is 8. The number of benzene rings is 7. The summed E-state index contributed by atoms with van der Waals surface area (Å²) in [5.41, 5.74) is 14.3. The fourth-order valence-corrected chi connectivity index (χ4v) is 8.42. The number of nitriles is 1. The molecule has 10 rings (SSSR count). The molecule has 3 aromatic heterocycles. The number of hydrogen-bond donors (Lipinski definition) is 0. The van der Waals surface area contributed by atoms with Crippen LogP contribution in [0.3, 0.4) is 0 Å². The van der Waals surface area contributed by atoms with Gasteiger partial charge in [0.2, 0.25) is 0 Å². The van der Waals surface area contributed by atoms with Crippen molar-refractivity contribution in [3.63, 3.8) is 0 Å². The van der Waals surface area contributed by atoms with Crippen LogP contribution in [-0.2, 0) is 5.41 Å². The van der Waals surface area contributed by atoms with Crippen molar-refractivity contribution in [1.82, 2.24) is 19.1 Å². The van der Waals surface area contributed by atoms with E-state index in [4.69, 9.17) is 9.97 Å². The van der Waals surface area contributed by atoms with Crippen molar-refractivity contribution < 1.29 is 0 Å². The second-order valence-electron chi connectivity index (χ2n) is 16.4. The molecule has 0 bridgehead atoms. The van der Waals surface area contributed by atoms with E-state index in [0.717, 1.165) is 83.9 Å². The average Bonchev–Trinajstić information content (AvgIpc) is 3.93. The van der Waals surface area contributed by atoms with Crippen LogP contribution in [0.15, 0.2) is 201 Å². The van der Waals surface area contributed by atoms with Gasteiger partial charge in [0.1, 0.15) is 5.82 Å². The maximum absolute atomic E-state index is 9.89. The first-order chi connectivity index (χ1) is 29.8. The fraction of sp³-hybridized carbons (Fsp3) is 0.0727. The van der Waals surface area contributed by atoms with Gasteiger partial charge in [-0.15, -0.1) is 0 Å². The van der Waals surface area contributed by atoms with E-state index in [-0.39, 0.29) is 5.41 Å². The van der Waals surface area contributed by atoms with Gasteiger partial charge in [-0.05, 0) is 88.8 Å². The highest BCUT2D eigenvalue weighted by Crippen LogP contribution is 2.42. The first kappa shape index (κ1) is 37.3. The summed E-state index contributed by atoms with van der Waals surface area (Å²) < 4.78 is 4.39. The Balaban J connectivity index is 1.12. The van der Waals surface area contributed by atoms with E-state index in [0.29, 0.717) is 5.56 Å². The van der Waals surface area contributed by atoms with Gasteiger partial charge in [0, 0.05) is 56.9 Å². The topological polar surface area (TPSA) is 62.7 Å². The molecule has 0 saturated carbocycles. The Hall–Kier alpha value is -8.01. The molecule has 3 heterocycles. The number of aromatic nitrogens is 4. The molecular weight excluding hydrogens is 745 g/mol. The summed E-state index contributed by atoms with van der Waals surface area (Å²) in [5, 5.41) is 12.0. The standard InChI is InChI=1S/C55H42N6/c1-55(2,3)42-29-30-57-53(33-42)61-51-28-25-38(35-56)31-49(51)48-27-26-45(34-52(48)61)60(43-20-11-6-12-21-43)44-22-13-19-41(32-44)50-36-59(37-58-50)54-46(39-15-7-4-8-16-39)23-14-24-47(54)40-17-9-5-10-18-40/h4-34,36-37H,1-3H3. The second-order valence-corrected chi connectivity index (χ2v) is 16.4. The molecule has 0 amide bonds. The molecule has 0 aliphatic heterocycles. The highest BCUT2D eigenvalue weighted by molar-refractivity contribution is 6.10. The number of anilines is 3. The summed E-state index contributed by atoms with van der Waals surface area (Å²) in [6, 6.07) is 65.8. The van der Waals surface area contributed by atoms with Gasteiger partial charge in [0.15, 0.2) is 0 Å². The van der Waals surface area contributed by atoms with Crippen molar-refractivity contribution >= 4 is 38.9 Å². The van der Waals surface area contributed by atoms with Crippen LogP contribution >= 0.6 is 0 Å². The number of fused-ring (bicyclic) bond motifs is 3. The molecular formula is C55H42N6. The highest BCUT2D eigenvalue weighted by Gasteiger charge is 2.21. The second kappa shape index (κ2) is 15.3. The van der Waals surface area contributed by atoms with E-state index in [2.05, 4.69) is 205 Å². The van der Waals surface area contributed by atoms with E-state index >= 15 is 0 Å². The minimum atomic E-state index is -0.0595. The van der Waals surface area contributed by atoms with Gasteiger partial charge in [0.05, 0.1) is 40.4 Å². The molecule has 0 N–H and O–H groups in total. The molecule has 6 heteroatoms. The lowest BCUT2D eigenvalue weighted by Gasteiger charge is -2.26. The summed E-state index contributed by atoms with van der Waals surface area (Å²) in [4.78, 5) is 12.2. The molecule has 0 saturated heterocycles. The van der Waals surface area contributed by atoms with Crippen molar-refractivity contribution in [2.45, 2.75) is 26.2 Å². The zero-order valence-electron chi connectivity index (χ0n) is 34.2. The number of hydrogen-bond acceptors (Lipinski definition) is 4. The monoisotopic (exact) mass is 786 g/mol. The van der Waals surface area contributed by atoms with E-state index in [1.807, 2.05) is 36.8 Å². The first-order valence-corrected chi connectivity index (χ1v) is 20.5. The van der Waals surface area contributed by atoms with E-state index < -0.39 is 0 Å². The Morgan fingerprint density at radius 3 is 1.87 bits per heavy atom. The number of para-hydroxylation sites is 2. The Bertz CT molecular complexity index is 3180. The largest absolute Gasteiger partial charge is 0.310 e. The number of imidazole rings is 1. The van der Waals surface area contributed by atoms with Crippen LogP contribution in [0.4, 0.5) is 17.1 Å². The molecule has 7 aromatic carbocycles. The molecule has 10 aromatic rings. The Morgan fingerprint density at radius 1 is 0.541 bits per heavy atom. The minimum absolute atomic E-state index is 0.0595. The molecule has 0 atom stereocenters. The van der Waals surface area contributed by atoms with Gasteiger partial charge < -0.3 is 9.47 Å². The lowest BCUT2D eigenvalue weighted by molar-refractivity contribution is 0.588. The third-order valence-electron chi connectivity index (χ3n) is 11.4. The van der Waals surface area contributed by atoms with E-state index in [1.165, 1.54) is 5.56 Å². The molecule has 0 unspecified atom stereocenters. The van der Waals surface area contributed by atoms with E-state index in [1.54, 1.807) is 0 Å². The Kier molecular flexibility index (Phi) is 9.35. The molecule has 61 heavy (non-hydrogen) atoms. The van der Waals surface area contributed by atoms with E-state index in [9.17, 15) is 5.26 Å². The molecule has 0 spiro atoms. The summed E-state index contributed by atoms with van der Waals surface area (Å²) >= 11 is 0. The maximum Gasteiger partial charge on any atom is 0.137 e. The first-order valence-electron chi connectivity index (χ1n) is 20.5. The van der Waals surface area contributed by atoms with Gasteiger partial charge >= 0.3 is 0 Å². The third-order valence-corrected chi connectivity index (χ3v) is 11.4. The van der Waals surface area contributed by atoms with Crippen LogP contribution in [0.25, 0.3) is 66.8 Å². The predicted molar refractivity (Wildman–Crippen MR) is 250 cm³/mol. The number of pyridine rings is 1. The zero-order chi connectivity index (χ0) is 41.5. The lowest BCUT2D eigenvalue weighted by atomic mass is 9.88. The lowest BCUT2D eigenvalue weighted by Crippen LogP contribution is -2.12. The average molecular weight is 787 g/mol. The zero-order valence-corrected chi connectivity index (χ0v) is 34.2. The summed E-state index contributed by atoms with van der Waals surface area (Å²) in [6.07, 6.45) is 5.96. The van der Waals surface area contributed by atoms with Gasteiger partial charge in [-0.2, -0.15) is 5.26 Å². The van der Waals surface area contributed by atoms with Gasteiger partial charge in [-0.3, -0.25) is 4.57 Å². The third kappa shape index (κ3) is 6.92. The summed E-state index contributed by atoms with van der Waals surface area (Å²) in [7, 11) is 0. The van der Waals surface area contributed by atoms with Crippen LogP contribution in [0.5, 0.6) is 0 Å². The van der Waals surface area contributed by atoms with Crippen LogP contribution in [0.2, 0.25) is 0 Å². The van der Waals surface area contributed by atoms with Gasteiger partial charge in [-0.25, -0.2) is 9.97 Å². The summed E-state index contributed by atoms with van der Waals surface area (Å²) in [6.45, 7) is 6.66. The molecule has 292 valence electrons. The van der Waals surface area contributed by atoms with Crippen molar-refractivity contribution in [2.24, 2.45) is 0 Å². The molecule has 0 fully saturated rings. The van der Waals surface area contributed by atoms with Crippen LogP contribution < -0.4 is 4.90 Å². The molecule has 0 aliphatic rings. The Labute approximate surface area is 355 Å². The Morgan fingerprint density at radius 2 is 1.18 bits per heavy atom. The van der Waals surface area contributed by atoms with Gasteiger partial charge in [-0.1, -0.05) is 136 Å². The van der Waals surface area contributed by atoms with Crippen LogP contribution in [0.1, 0.15) is 31.9 Å². The highest BCUT2D eigenvalue weighted by atomic mass is 15.1. The van der Waals surface area contributed by atoms with Crippen molar-refractivity contribution in [3.05, 3.63) is 212 Å².